The predicted octanol–water partition coefficient (Wildman–Crippen LogP) is 4.75. The quantitative estimate of drug-likeness (QED) is 0.320. The molecule has 0 aliphatic rings. The molecule has 0 amide bonds. The monoisotopic (exact) mass is 313 g/mol. The summed E-state index contributed by atoms with van der Waals surface area (Å²) in [5.74, 6) is -10.5. The van der Waals surface area contributed by atoms with Gasteiger partial charge in [0.15, 0.2) is 23.3 Å². The van der Waals surface area contributed by atoms with E-state index in [4.69, 9.17) is 23.2 Å². The lowest BCUT2D eigenvalue weighted by molar-refractivity contribution is 0.381. The lowest BCUT2D eigenvalue weighted by atomic mass is 10.1. The van der Waals surface area contributed by atoms with Crippen LogP contribution in [0.5, 0.6) is 0 Å². The molecule has 0 unspecified atom stereocenters. The smallest absolute Gasteiger partial charge is 0.200 e. The maximum absolute atomic E-state index is 13.6. The number of nitrogens with zero attached hydrogens (tertiary/aromatic N) is 1. The van der Waals surface area contributed by atoms with Gasteiger partial charge in [-0.05, 0) is 6.07 Å². The van der Waals surface area contributed by atoms with Crippen LogP contribution in [0, 0.1) is 29.1 Å². The largest absolute Gasteiger partial charge is 0.244 e. The zero-order valence-electron chi connectivity index (χ0n) is 8.75. The molecule has 0 bridgehead atoms. The summed E-state index contributed by atoms with van der Waals surface area (Å²) >= 11 is 11.2. The Balaban J connectivity index is 2.92. The van der Waals surface area contributed by atoms with Gasteiger partial charge in [-0.3, -0.25) is 0 Å². The van der Waals surface area contributed by atoms with Gasteiger partial charge >= 0.3 is 0 Å². The Morgan fingerprint density at radius 1 is 0.737 bits per heavy atom. The summed E-state index contributed by atoms with van der Waals surface area (Å²) in [6.45, 7) is 0. The summed E-state index contributed by atoms with van der Waals surface area (Å²) in [5.41, 5.74) is -1.77. The average molecular weight is 314 g/mol. The summed E-state index contributed by atoms with van der Waals surface area (Å²) < 4.78 is 66.2. The highest BCUT2D eigenvalue weighted by Gasteiger charge is 2.29. The van der Waals surface area contributed by atoms with E-state index < -0.39 is 45.4 Å². The summed E-state index contributed by atoms with van der Waals surface area (Å²) in [6.07, 6.45) is 1.13. The van der Waals surface area contributed by atoms with Crippen LogP contribution in [0.1, 0.15) is 0 Å². The lowest BCUT2D eigenvalue weighted by Gasteiger charge is -2.10. The topological polar surface area (TPSA) is 12.9 Å². The van der Waals surface area contributed by atoms with Crippen molar-refractivity contribution in [3.63, 3.8) is 0 Å². The average Bonchev–Trinajstić information content (AvgIpc) is 2.37. The van der Waals surface area contributed by atoms with Crippen LogP contribution in [0.2, 0.25) is 10.2 Å². The predicted molar refractivity (Wildman–Crippen MR) is 59.5 cm³/mol. The number of benzene rings is 1. The minimum atomic E-state index is -2.25. The molecule has 1 heterocycles. The van der Waals surface area contributed by atoms with Gasteiger partial charge in [0.2, 0.25) is 5.82 Å². The highest BCUT2D eigenvalue weighted by molar-refractivity contribution is 6.38. The molecule has 2 rings (SSSR count). The first-order valence-electron chi connectivity index (χ1n) is 4.68. The molecule has 0 fully saturated rings. The molecule has 1 nitrogen and oxygen atoms in total. The van der Waals surface area contributed by atoms with E-state index in [2.05, 4.69) is 4.98 Å². The Kier molecular flexibility index (Phi) is 3.64. The molecule has 19 heavy (non-hydrogen) atoms. The number of hydrogen-bond acceptors (Lipinski definition) is 1. The molecular weight excluding hydrogens is 312 g/mol. The van der Waals surface area contributed by atoms with Gasteiger partial charge in [-0.15, -0.1) is 0 Å². The minimum absolute atomic E-state index is 0.289. The Hall–Kier alpha value is -1.40. The van der Waals surface area contributed by atoms with Crippen molar-refractivity contribution in [3.8, 4) is 11.1 Å². The van der Waals surface area contributed by atoms with E-state index >= 15 is 0 Å². The molecule has 0 saturated carbocycles. The van der Waals surface area contributed by atoms with Crippen molar-refractivity contribution in [2.45, 2.75) is 0 Å². The zero-order chi connectivity index (χ0) is 14.3. The second kappa shape index (κ2) is 4.94. The second-order valence-corrected chi connectivity index (χ2v) is 4.17. The van der Waals surface area contributed by atoms with Gasteiger partial charge in [0.05, 0.1) is 10.6 Å². The van der Waals surface area contributed by atoms with Crippen LogP contribution in [-0.4, -0.2) is 4.98 Å². The number of pyridine rings is 1. The van der Waals surface area contributed by atoms with E-state index in [0.29, 0.717) is 0 Å². The van der Waals surface area contributed by atoms with Crippen LogP contribution in [-0.2, 0) is 0 Å². The van der Waals surface area contributed by atoms with Gasteiger partial charge < -0.3 is 0 Å². The van der Waals surface area contributed by atoms with Crippen molar-refractivity contribution in [3.05, 3.63) is 51.5 Å². The highest BCUT2D eigenvalue weighted by Crippen LogP contribution is 2.38. The number of hydrogen-bond donors (Lipinski definition) is 0. The van der Waals surface area contributed by atoms with Crippen molar-refractivity contribution < 1.29 is 22.0 Å². The Morgan fingerprint density at radius 2 is 1.21 bits per heavy atom. The minimum Gasteiger partial charge on any atom is -0.244 e. The van der Waals surface area contributed by atoms with Crippen LogP contribution in [0.3, 0.4) is 0 Å². The fourth-order valence-corrected chi connectivity index (χ4v) is 2.00. The first-order chi connectivity index (χ1) is 8.86. The molecular formula is C11H2Cl2F5N. The SMILES string of the molecule is Fc1c(F)c(F)c(-c2c(Cl)ccnc2Cl)c(F)c1F. The van der Waals surface area contributed by atoms with E-state index in [1.165, 1.54) is 0 Å². The maximum atomic E-state index is 13.6. The van der Waals surface area contributed by atoms with Crippen molar-refractivity contribution in [1.29, 1.82) is 0 Å². The van der Waals surface area contributed by atoms with Crippen molar-refractivity contribution >= 4 is 23.2 Å². The third-order valence-electron chi connectivity index (χ3n) is 2.31. The second-order valence-electron chi connectivity index (χ2n) is 3.40. The van der Waals surface area contributed by atoms with Gasteiger partial charge in [-0.1, -0.05) is 23.2 Å². The fraction of sp³-hybridized carbons (Fsp3) is 0. The number of halogens is 7. The molecule has 1 aromatic carbocycles. The van der Waals surface area contributed by atoms with Gasteiger partial charge in [-0.25, -0.2) is 26.9 Å². The fourth-order valence-electron chi connectivity index (χ4n) is 1.46. The Bertz CT molecular complexity index is 625. The van der Waals surface area contributed by atoms with E-state index in [0.717, 1.165) is 12.3 Å². The first kappa shape index (κ1) is 14.0. The zero-order valence-corrected chi connectivity index (χ0v) is 10.3. The molecule has 0 aliphatic carbocycles. The lowest BCUT2D eigenvalue weighted by Crippen LogP contribution is -2.05. The van der Waals surface area contributed by atoms with Crippen LogP contribution in [0.15, 0.2) is 12.3 Å². The molecule has 100 valence electrons. The maximum Gasteiger partial charge on any atom is 0.200 e. The van der Waals surface area contributed by atoms with E-state index in [-0.39, 0.29) is 5.02 Å². The summed E-state index contributed by atoms with van der Waals surface area (Å²) in [4.78, 5) is 3.49. The van der Waals surface area contributed by atoms with Gasteiger partial charge in [0.25, 0.3) is 0 Å². The van der Waals surface area contributed by atoms with Crippen LogP contribution in [0.4, 0.5) is 22.0 Å². The van der Waals surface area contributed by atoms with Crippen molar-refractivity contribution in [2.24, 2.45) is 0 Å². The molecule has 2 aromatic rings. The van der Waals surface area contributed by atoms with Gasteiger partial charge in [-0.2, -0.15) is 0 Å². The molecule has 0 spiro atoms. The van der Waals surface area contributed by atoms with E-state index in [9.17, 15) is 22.0 Å². The Labute approximate surface area is 113 Å². The number of aromatic nitrogens is 1. The highest BCUT2D eigenvalue weighted by atomic mass is 35.5. The number of rotatable bonds is 1. The standard InChI is InChI=1S/C11H2Cl2F5N/c12-3-1-2-19-11(13)4(3)5-6(14)8(16)10(18)9(17)7(5)15/h1-2H. The third kappa shape index (κ3) is 2.15. The van der Waals surface area contributed by atoms with Gasteiger partial charge in [0, 0.05) is 11.8 Å². The van der Waals surface area contributed by atoms with Gasteiger partial charge in [0.1, 0.15) is 5.15 Å². The van der Waals surface area contributed by atoms with E-state index in [1.54, 1.807) is 0 Å². The van der Waals surface area contributed by atoms with Crippen molar-refractivity contribution in [1.82, 2.24) is 4.98 Å². The van der Waals surface area contributed by atoms with Crippen LogP contribution < -0.4 is 0 Å². The summed E-state index contributed by atoms with van der Waals surface area (Å²) in [6, 6.07) is 1.11. The first-order valence-corrected chi connectivity index (χ1v) is 5.43. The third-order valence-corrected chi connectivity index (χ3v) is 2.92. The Morgan fingerprint density at radius 3 is 1.68 bits per heavy atom. The summed E-state index contributed by atoms with van der Waals surface area (Å²) in [5, 5.41) is -0.765. The van der Waals surface area contributed by atoms with E-state index in [1.807, 2.05) is 0 Å². The molecule has 8 heteroatoms. The molecule has 0 atom stereocenters. The molecule has 0 radical (unpaired) electrons. The summed E-state index contributed by atoms with van der Waals surface area (Å²) in [7, 11) is 0. The molecule has 0 aliphatic heterocycles. The van der Waals surface area contributed by atoms with Crippen LogP contribution in [0.25, 0.3) is 11.1 Å². The molecule has 0 N–H and O–H groups in total. The van der Waals surface area contributed by atoms with Crippen LogP contribution >= 0.6 is 23.2 Å². The van der Waals surface area contributed by atoms with Crippen molar-refractivity contribution in [2.75, 3.05) is 0 Å². The normalized spacial score (nSPS) is 10.9. The molecule has 1 aromatic heterocycles. The molecule has 0 saturated heterocycles.